The number of nitriles is 1. The van der Waals surface area contributed by atoms with Gasteiger partial charge in [-0.25, -0.2) is 0 Å². The zero-order valence-corrected chi connectivity index (χ0v) is 11.0. The van der Waals surface area contributed by atoms with Crippen molar-refractivity contribution < 1.29 is 0 Å². The van der Waals surface area contributed by atoms with Crippen LogP contribution >= 0.6 is 0 Å². The standard InChI is InChI=1S/C13H17N.C2H6/c1-3-5-12(4-2)13-8-6-11(10-14)7-9-13;1-2/h6-9,12H,3-5H2,1-2H3;1-2H3. The zero-order chi connectivity index (χ0) is 12.4. The van der Waals surface area contributed by atoms with E-state index in [0.29, 0.717) is 5.92 Å². The van der Waals surface area contributed by atoms with E-state index in [1.165, 1.54) is 24.8 Å². The van der Waals surface area contributed by atoms with Crippen molar-refractivity contribution in [2.45, 2.75) is 52.9 Å². The topological polar surface area (TPSA) is 23.8 Å². The second-order valence-corrected chi connectivity index (χ2v) is 3.63. The van der Waals surface area contributed by atoms with Crippen LogP contribution in [0.25, 0.3) is 0 Å². The van der Waals surface area contributed by atoms with Gasteiger partial charge in [0.1, 0.15) is 0 Å². The van der Waals surface area contributed by atoms with Crippen molar-refractivity contribution in [3.63, 3.8) is 0 Å². The molecule has 16 heavy (non-hydrogen) atoms. The van der Waals surface area contributed by atoms with Crippen molar-refractivity contribution in [2.75, 3.05) is 0 Å². The van der Waals surface area contributed by atoms with Gasteiger partial charge in [0.25, 0.3) is 0 Å². The molecular formula is C15H23N. The molecule has 1 unspecified atom stereocenters. The van der Waals surface area contributed by atoms with Gasteiger partial charge in [-0.05, 0) is 36.5 Å². The highest BCUT2D eigenvalue weighted by Gasteiger charge is 2.07. The lowest BCUT2D eigenvalue weighted by Gasteiger charge is -2.13. The van der Waals surface area contributed by atoms with Gasteiger partial charge in [0.05, 0.1) is 11.6 Å². The monoisotopic (exact) mass is 217 g/mol. The maximum Gasteiger partial charge on any atom is 0.0991 e. The molecular weight excluding hydrogens is 194 g/mol. The Morgan fingerprint density at radius 1 is 1.12 bits per heavy atom. The molecule has 0 radical (unpaired) electrons. The van der Waals surface area contributed by atoms with E-state index in [2.05, 4.69) is 32.0 Å². The third kappa shape index (κ3) is 4.49. The summed E-state index contributed by atoms with van der Waals surface area (Å²) in [5.41, 5.74) is 2.12. The first-order chi connectivity index (χ1) is 7.81. The normalized spacial score (nSPS) is 10.9. The first-order valence-corrected chi connectivity index (χ1v) is 6.31. The lowest BCUT2D eigenvalue weighted by molar-refractivity contribution is 0.596. The summed E-state index contributed by atoms with van der Waals surface area (Å²) in [5, 5.41) is 8.68. The molecule has 0 N–H and O–H groups in total. The molecule has 0 heterocycles. The number of benzene rings is 1. The summed E-state index contributed by atoms with van der Waals surface area (Å²) in [4.78, 5) is 0. The van der Waals surface area contributed by atoms with Gasteiger partial charge in [-0.3, -0.25) is 0 Å². The third-order valence-electron chi connectivity index (χ3n) is 2.64. The minimum atomic E-state index is 0.660. The van der Waals surface area contributed by atoms with Crippen LogP contribution < -0.4 is 0 Å². The van der Waals surface area contributed by atoms with Gasteiger partial charge in [0.15, 0.2) is 0 Å². The Kier molecular flexibility index (Phi) is 8.25. The highest BCUT2D eigenvalue weighted by Crippen LogP contribution is 2.24. The number of rotatable bonds is 4. The Balaban J connectivity index is 0.00000106. The van der Waals surface area contributed by atoms with E-state index in [4.69, 9.17) is 5.26 Å². The molecule has 1 atom stereocenters. The third-order valence-corrected chi connectivity index (χ3v) is 2.64. The molecule has 0 spiro atoms. The molecule has 1 heteroatoms. The Hall–Kier alpha value is -1.29. The van der Waals surface area contributed by atoms with Crippen molar-refractivity contribution in [3.05, 3.63) is 35.4 Å². The SMILES string of the molecule is CC.CCCC(CC)c1ccc(C#N)cc1. The number of nitrogens with zero attached hydrogens (tertiary/aromatic N) is 1. The fourth-order valence-corrected chi connectivity index (χ4v) is 1.78. The predicted molar refractivity (Wildman–Crippen MR) is 70.4 cm³/mol. The lowest BCUT2D eigenvalue weighted by Crippen LogP contribution is -1.96. The van der Waals surface area contributed by atoms with Crippen LogP contribution in [0.1, 0.15) is 64.0 Å². The first kappa shape index (κ1) is 14.7. The van der Waals surface area contributed by atoms with Crippen LogP contribution in [0.15, 0.2) is 24.3 Å². The smallest absolute Gasteiger partial charge is 0.0991 e. The fourth-order valence-electron chi connectivity index (χ4n) is 1.78. The van der Waals surface area contributed by atoms with Crippen molar-refractivity contribution in [2.24, 2.45) is 0 Å². The molecule has 1 rings (SSSR count). The van der Waals surface area contributed by atoms with Gasteiger partial charge in [-0.2, -0.15) is 5.26 Å². The summed E-state index contributed by atoms with van der Waals surface area (Å²) < 4.78 is 0. The predicted octanol–water partition coefficient (Wildman–Crippen LogP) is 4.88. The molecule has 88 valence electrons. The highest BCUT2D eigenvalue weighted by molar-refractivity contribution is 5.32. The molecule has 1 aromatic rings. The minimum absolute atomic E-state index is 0.660. The number of hydrogen-bond donors (Lipinski definition) is 0. The second kappa shape index (κ2) is 8.97. The van der Waals surface area contributed by atoms with E-state index in [1.54, 1.807) is 0 Å². The molecule has 1 nitrogen and oxygen atoms in total. The summed E-state index contributed by atoms with van der Waals surface area (Å²) in [6.07, 6.45) is 3.64. The molecule has 0 aromatic heterocycles. The van der Waals surface area contributed by atoms with Crippen molar-refractivity contribution in [3.8, 4) is 6.07 Å². The summed E-state index contributed by atoms with van der Waals surface area (Å²) in [6.45, 7) is 8.44. The van der Waals surface area contributed by atoms with Crippen LogP contribution in [-0.2, 0) is 0 Å². The Bertz CT molecular complexity index is 305. The Morgan fingerprint density at radius 3 is 2.06 bits per heavy atom. The summed E-state index contributed by atoms with van der Waals surface area (Å²) in [7, 11) is 0. The van der Waals surface area contributed by atoms with E-state index in [0.717, 1.165) is 5.56 Å². The Morgan fingerprint density at radius 2 is 1.69 bits per heavy atom. The second-order valence-electron chi connectivity index (χ2n) is 3.63. The maximum atomic E-state index is 8.68. The summed E-state index contributed by atoms with van der Waals surface area (Å²) in [6, 6.07) is 10.1. The van der Waals surface area contributed by atoms with Crippen molar-refractivity contribution in [1.29, 1.82) is 5.26 Å². The van der Waals surface area contributed by atoms with Crippen molar-refractivity contribution >= 4 is 0 Å². The minimum Gasteiger partial charge on any atom is -0.192 e. The Labute approximate surface area is 100 Å². The van der Waals surface area contributed by atoms with Crippen LogP contribution in [0, 0.1) is 11.3 Å². The largest absolute Gasteiger partial charge is 0.192 e. The van der Waals surface area contributed by atoms with E-state index < -0.39 is 0 Å². The van der Waals surface area contributed by atoms with Gasteiger partial charge in [-0.1, -0.05) is 46.2 Å². The molecule has 0 aliphatic carbocycles. The highest BCUT2D eigenvalue weighted by atomic mass is 14.2. The van der Waals surface area contributed by atoms with Gasteiger partial charge >= 0.3 is 0 Å². The fraction of sp³-hybridized carbons (Fsp3) is 0.533. The average molecular weight is 217 g/mol. The van der Waals surface area contributed by atoms with Crippen LogP contribution in [-0.4, -0.2) is 0 Å². The molecule has 0 saturated carbocycles. The van der Waals surface area contributed by atoms with E-state index in [-0.39, 0.29) is 0 Å². The molecule has 0 saturated heterocycles. The van der Waals surface area contributed by atoms with Crippen molar-refractivity contribution in [1.82, 2.24) is 0 Å². The van der Waals surface area contributed by atoms with E-state index >= 15 is 0 Å². The van der Waals surface area contributed by atoms with Gasteiger partial charge in [-0.15, -0.1) is 0 Å². The molecule has 0 aliphatic heterocycles. The van der Waals surface area contributed by atoms with Gasteiger partial charge < -0.3 is 0 Å². The molecule has 1 aromatic carbocycles. The van der Waals surface area contributed by atoms with Gasteiger partial charge in [0.2, 0.25) is 0 Å². The molecule has 0 aliphatic rings. The maximum absolute atomic E-state index is 8.68. The summed E-state index contributed by atoms with van der Waals surface area (Å²) >= 11 is 0. The van der Waals surface area contributed by atoms with Crippen LogP contribution in [0.3, 0.4) is 0 Å². The zero-order valence-electron chi connectivity index (χ0n) is 11.0. The van der Waals surface area contributed by atoms with Gasteiger partial charge in [0, 0.05) is 0 Å². The van der Waals surface area contributed by atoms with E-state index in [1.807, 2.05) is 26.0 Å². The van der Waals surface area contributed by atoms with Crippen LogP contribution in [0.5, 0.6) is 0 Å². The lowest BCUT2D eigenvalue weighted by atomic mass is 9.92. The van der Waals surface area contributed by atoms with Crippen LogP contribution in [0.2, 0.25) is 0 Å². The summed E-state index contributed by atoms with van der Waals surface area (Å²) in [5.74, 6) is 0.660. The molecule has 0 bridgehead atoms. The number of hydrogen-bond acceptors (Lipinski definition) is 1. The quantitative estimate of drug-likeness (QED) is 0.705. The molecule has 0 fully saturated rings. The molecule has 0 amide bonds. The van der Waals surface area contributed by atoms with E-state index in [9.17, 15) is 0 Å². The first-order valence-electron chi connectivity index (χ1n) is 6.31. The average Bonchev–Trinajstić information content (AvgIpc) is 2.38. The van der Waals surface area contributed by atoms with Crippen LogP contribution in [0.4, 0.5) is 0 Å².